The van der Waals surface area contributed by atoms with Gasteiger partial charge in [0.15, 0.2) is 0 Å². The highest BCUT2D eigenvalue weighted by atomic mass is 35.5. The summed E-state index contributed by atoms with van der Waals surface area (Å²) in [7, 11) is 0. The maximum atomic E-state index is 14.0. The molecular weight excluding hydrogens is 339 g/mol. The summed E-state index contributed by atoms with van der Waals surface area (Å²) in [5, 5.41) is 1.52. The molecule has 5 heteroatoms. The van der Waals surface area contributed by atoms with Crippen molar-refractivity contribution in [2.45, 2.75) is 18.8 Å². The Bertz CT molecular complexity index is 928. The molecule has 1 aliphatic rings. The number of fused-ring (bicyclic) bond motifs is 1. The van der Waals surface area contributed by atoms with Gasteiger partial charge in [0.2, 0.25) is 0 Å². The molecule has 0 atom stereocenters. The van der Waals surface area contributed by atoms with Gasteiger partial charge in [-0.05, 0) is 42.5 Å². The molecule has 0 spiro atoms. The molecule has 1 aromatic heterocycles. The molecule has 0 bridgehead atoms. The van der Waals surface area contributed by atoms with Gasteiger partial charge in [-0.2, -0.15) is 0 Å². The third-order valence-corrected chi connectivity index (χ3v) is 5.24. The molecule has 0 saturated carbocycles. The van der Waals surface area contributed by atoms with Crippen molar-refractivity contribution < 1.29 is 9.18 Å². The number of aromatic nitrogens is 1. The van der Waals surface area contributed by atoms with Crippen LogP contribution in [0.3, 0.4) is 0 Å². The Kier molecular flexibility index (Phi) is 4.22. The first kappa shape index (κ1) is 16.2. The number of nitrogens with one attached hydrogen (secondary N) is 1. The van der Waals surface area contributed by atoms with Crippen LogP contribution in [-0.4, -0.2) is 28.9 Å². The summed E-state index contributed by atoms with van der Waals surface area (Å²) in [5.74, 6) is 0.0355. The summed E-state index contributed by atoms with van der Waals surface area (Å²) in [4.78, 5) is 17.8. The number of aromatic amines is 1. The number of nitrogens with zero attached hydrogens (tertiary/aromatic N) is 1. The first-order chi connectivity index (χ1) is 12.1. The average Bonchev–Trinajstić information content (AvgIpc) is 3.04. The van der Waals surface area contributed by atoms with E-state index in [0.717, 1.165) is 29.3 Å². The number of likely N-dealkylation sites (tertiary alicyclic amines) is 1. The van der Waals surface area contributed by atoms with E-state index in [9.17, 15) is 9.18 Å². The molecule has 1 amide bonds. The summed E-state index contributed by atoms with van der Waals surface area (Å²) in [6.07, 6.45) is 3.30. The number of halogens is 2. The number of carbonyl (C=O) groups is 1. The van der Waals surface area contributed by atoms with Crippen molar-refractivity contribution >= 4 is 28.4 Å². The van der Waals surface area contributed by atoms with Crippen molar-refractivity contribution in [2.75, 3.05) is 13.1 Å². The fraction of sp³-hybridized carbons (Fsp3) is 0.250. The van der Waals surface area contributed by atoms with Gasteiger partial charge in [0, 0.05) is 35.2 Å². The monoisotopic (exact) mass is 356 g/mol. The summed E-state index contributed by atoms with van der Waals surface area (Å²) < 4.78 is 14.0. The fourth-order valence-electron chi connectivity index (χ4n) is 3.65. The number of carbonyl (C=O) groups excluding carboxylic acids is 1. The Morgan fingerprint density at radius 3 is 2.68 bits per heavy atom. The molecule has 128 valence electrons. The zero-order valence-corrected chi connectivity index (χ0v) is 14.4. The smallest absolute Gasteiger partial charge is 0.256 e. The third-order valence-electron chi connectivity index (χ3n) is 5.00. The Morgan fingerprint density at radius 1 is 1.16 bits per heavy atom. The highest BCUT2D eigenvalue weighted by Crippen LogP contribution is 2.31. The molecule has 0 unspecified atom stereocenters. The molecule has 1 aliphatic heterocycles. The summed E-state index contributed by atoms with van der Waals surface area (Å²) in [5.41, 5.74) is 2.28. The maximum absolute atomic E-state index is 14.0. The van der Waals surface area contributed by atoms with Crippen LogP contribution in [0.5, 0.6) is 0 Å². The second kappa shape index (κ2) is 6.52. The van der Waals surface area contributed by atoms with Crippen LogP contribution < -0.4 is 0 Å². The van der Waals surface area contributed by atoms with E-state index in [-0.39, 0.29) is 17.6 Å². The van der Waals surface area contributed by atoms with E-state index >= 15 is 0 Å². The van der Waals surface area contributed by atoms with E-state index in [4.69, 9.17) is 11.6 Å². The molecule has 3 nitrogen and oxygen atoms in total. The quantitative estimate of drug-likeness (QED) is 0.690. The lowest BCUT2D eigenvalue weighted by Gasteiger charge is -2.32. The molecular formula is C20H18ClFN2O. The average molecular weight is 357 g/mol. The van der Waals surface area contributed by atoms with Gasteiger partial charge >= 0.3 is 0 Å². The molecule has 1 saturated heterocycles. The molecule has 1 N–H and O–H groups in total. The van der Waals surface area contributed by atoms with E-state index in [2.05, 4.69) is 4.98 Å². The Morgan fingerprint density at radius 2 is 1.92 bits per heavy atom. The van der Waals surface area contributed by atoms with Crippen molar-refractivity contribution in [3.63, 3.8) is 0 Å². The van der Waals surface area contributed by atoms with E-state index in [1.54, 1.807) is 18.3 Å². The molecule has 4 rings (SSSR count). The van der Waals surface area contributed by atoms with Gasteiger partial charge in [-0.3, -0.25) is 4.79 Å². The second-order valence-electron chi connectivity index (χ2n) is 6.48. The number of hydrogen-bond acceptors (Lipinski definition) is 1. The fourth-order valence-corrected chi connectivity index (χ4v) is 3.82. The molecule has 0 radical (unpaired) electrons. The Hall–Kier alpha value is -2.33. The van der Waals surface area contributed by atoms with E-state index in [0.29, 0.717) is 23.7 Å². The minimum absolute atomic E-state index is 0.0144. The Labute approximate surface area is 150 Å². The van der Waals surface area contributed by atoms with Gasteiger partial charge in [0.25, 0.3) is 5.91 Å². The second-order valence-corrected chi connectivity index (χ2v) is 6.92. The first-order valence-electron chi connectivity index (χ1n) is 8.44. The van der Waals surface area contributed by atoms with Crippen molar-refractivity contribution in [3.05, 3.63) is 70.6 Å². The van der Waals surface area contributed by atoms with Gasteiger partial charge in [-0.15, -0.1) is 0 Å². The van der Waals surface area contributed by atoms with Crippen molar-refractivity contribution in [2.24, 2.45) is 0 Å². The summed E-state index contributed by atoms with van der Waals surface area (Å²) in [6.45, 7) is 1.27. The summed E-state index contributed by atoms with van der Waals surface area (Å²) >= 11 is 6.00. The van der Waals surface area contributed by atoms with E-state index in [1.165, 1.54) is 6.07 Å². The highest BCUT2D eigenvalue weighted by molar-refractivity contribution is 6.31. The van der Waals surface area contributed by atoms with Gasteiger partial charge in [0.1, 0.15) is 5.82 Å². The lowest BCUT2D eigenvalue weighted by Crippen LogP contribution is -2.38. The van der Waals surface area contributed by atoms with Crippen LogP contribution in [0.1, 0.15) is 34.7 Å². The van der Waals surface area contributed by atoms with Crippen LogP contribution in [0.15, 0.2) is 48.7 Å². The van der Waals surface area contributed by atoms with Crippen LogP contribution >= 0.6 is 11.6 Å². The van der Waals surface area contributed by atoms with Crippen LogP contribution in [0.2, 0.25) is 5.02 Å². The third kappa shape index (κ3) is 3.02. The topological polar surface area (TPSA) is 36.1 Å². The van der Waals surface area contributed by atoms with Gasteiger partial charge in [-0.25, -0.2) is 4.39 Å². The van der Waals surface area contributed by atoms with Crippen molar-refractivity contribution in [1.29, 1.82) is 0 Å². The summed E-state index contributed by atoms with van der Waals surface area (Å²) in [6, 6.07) is 12.4. The molecule has 25 heavy (non-hydrogen) atoms. The maximum Gasteiger partial charge on any atom is 0.256 e. The van der Waals surface area contributed by atoms with Gasteiger partial charge < -0.3 is 9.88 Å². The molecule has 2 aromatic carbocycles. The van der Waals surface area contributed by atoms with Crippen molar-refractivity contribution in [1.82, 2.24) is 9.88 Å². The first-order valence-corrected chi connectivity index (χ1v) is 8.81. The SMILES string of the molecule is O=C(c1c[nH]c2cc(Cl)ccc12)N1CCC(c2ccccc2F)CC1. The molecule has 2 heterocycles. The minimum Gasteiger partial charge on any atom is -0.360 e. The normalized spacial score (nSPS) is 15.7. The zero-order chi connectivity index (χ0) is 17.4. The lowest BCUT2D eigenvalue weighted by molar-refractivity contribution is 0.0714. The largest absolute Gasteiger partial charge is 0.360 e. The number of rotatable bonds is 2. The minimum atomic E-state index is -0.152. The van der Waals surface area contributed by atoms with Gasteiger partial charge in [-0.1, -0.05) is 35.9 Å². The lowest BCUT2D eigenvalue weighted by atomic mass is 9.89. The number of piperidine rings is 1. The Balaban J connectivity index is 1.50. The number of hydrogen-bond donors (Lipinski definition) is 1. The van der Waals surface area contributed by atoms with Crippen LogP contribution in [0, 0.1) is 5.82 Å². The van der Waals surface area contributed by atoms with Crippen molar-refractivity contribution in [3.8, 4) is 0 Å². The zero-order valence-electron chi connectivity index (χ0n) is 13.6. The van der Waals surface area contributed by atoms with Crippen LogP contribution in [0.25, 0.3) is 10.9 Å². The number of benzene rings is 2. The highest BCUT2D eigenvalue weighted by Gasteiger charge is 2.27. The molecule has 3 aromatic rings. The molecule has 1 fully saturated rings. The standard InChI is InChI=1S/C20H18ClFN2O/c21-14-5-6-16-17(12-23-19(16)11-14)20(25)24-9-7-13(8-10-24)15-3-1-2-4-18(15)22/h1-6,11-13,23H,7-10H2. The predicted octanol–water partition coefficient (Wildman–Crippen LogP) is 4.98. The van der Waals surface area contributed by atoms with E-state index in [1.807, 2.05) is 29.2 Å². The predicted molar refractivity (Wildman–Crippen MR) is 97.6 cm³/mol. The van der Waals surface area contributed by atoms with Gasteiger partial charge in [0.05, 0.1) is 5.56 Å². The van der Waals surface area contributed by atoms with E-state index < -0.39 is 0 Å². The van der Waals surface area contributed by atoms with Crippen LogP contribution in [-0.2, 0) is 0 Å². The number of amides is 1. The molecule has 0 aliphatic carbocycles. The number of H-pyrrole nitrogens is 1. The van der Waals surface area contributed by atoms with Crippen LogP contribution in [0.4, 0.5) is 4.39 Å².